The summed E-state index contributed by atoms with van der Waals surface area (Å²) in [5.41, 5.74) is 0.108. The second-order valence-electron chi connectivity index (χ2n) is 6.65. The van der Waals surface area contributed by atoms with Crippen LogP contribution in [-0.4, -0.2) is 62.1 Å². The van der Waals surface area contributed by atoms with E-state index in [1.807, 2.05) is 4.90 Å². The van der Waals surface area contributed by atoms with Gasteiger partial charge in [0, 0.05) is 26.2 Å². The molecule has 1 aliphatic rings. The Balaban J connectivity index is 1.41. The fourth-order valence-corrected chi connectivity index (χ4v) is 3.26. The summed E-state index contributed by atoms with van der Waals surface area (Å²) in [6.45, 7) is 2.06. The van der Waals surface area contributed by atoms with Crippen molar-refractivity contribution in [3.63, 3.8) is 0 Å². The first-order valence-corrected chi connectivity index (χ1v) is 9.02. The third-order valence-corrected chi connectivity index (χ3v) is 4.81. The van der Waals surface area contributed by atoms with Crippen LogP contribution in [0, 0.1) is 17.5 Å². The minimum absolute atomic E-state index is 0.324. The van der Waals surface area contributed by atoms with Crippen LogP contribution >= 0.6 is 0 Å². The van der Waals surface area contributed by atoms with Gasteiger partial charge in [-0.25, -0.2) is 13.2 Å². The van der Waals surface area contributed by atoms with Gasteiger partial charge in [-0.15, -0.1) is 5.10 Å². The molecule has 1 aromatic heterocycles. The van der Waals surface area contributed by atoms with Crippen LogP contribution in [0.4, 0.5) is 13.2 Å². The molecular weight excluding hydrogens is 385 g/mol. The van der Waals surface area contributed by atoms with Crippen LogP contribution in [-0.2, 0) is 6.54 Å². The van der Waals surface area contributed by atoms with Crippen LogP contribution in [0.1, 0.15) is 16.2 Å². The van der Waals surface area contributed by atoms with Crippen molar-refractivity contribution in [3.05, 3.63) is 71.3 Å². The van der Waals surface area contributed by atoms with Gasteiger partial charge in [-0.2, -0.15) is 4.68 Å². The molecule has 0 N–H and O–H groups in total. The standard InChI is InChI=1S/C19H17F3N6O/c20-13-4-6-14(7-5-13)28-17(23-24-25-28)12-26-8-10-27(11-9-26)19(29)18-15(21)2-1-3-16(18)22/h1-7H,8-12H2. The van der Waals surface area contributed by atoms with Gasteiger partial charge in [0.25, 0.3) is 5.91 Å². The molecule has 0 radical (unpaired) electrons. The molecule has 3 aromatic rings. The van der Waals surface area contributed by atoms with Crippen molar-refractivity contribution in [1.29, 1.82) is 0 Å². The van der Waals surface area contributed by atoms with Crippen molar-refractivity contribution in [2.24, 2.45) is 0 Å². The molecule has 1 fully saturated rings. The number of carbonyl (C=O) groups excluding carboxylic acids is 1. The maximum Gasteiger partial charge on any atom is 0.259 e. The number of nitrogens with zero attached hydrogens (tertiary/aromatic N) is 6. The summed E-state index contributed by atoms with van der Waals surface area (Å²) >= 11 is 0. The average Bonchev–Trinajstić information content (AvgIpc) is 3.17. The van der Waals surface area contributed by atoms with Crippen molar-refractivity contribution in [1.82, 2.24) is 30.0 Å². The number of carbonyl (C=O) groups is 1. The third kappa shape index (κ3) is 3.97. The number of rotatable bonds is 4. The number of hydrogen-bond acceptors (Lipinski definition) is 5. The van der Waals surface area contributed by atoms with Crippen molar-refractivity contribution >= 4 is 5.91 Å². The summed E-state index contributed by atoms with van der Waals surface area (Å²) < 4.78 is 42.4. The van der Waals surface area contributed by atoms with E-state index in [2.05, 4.69) is 15.5 Å². The zero-order valence-corrected chi connectivity index (χ0v) is 15.3. The molecule has 4 rings (SSSR count). The van der Waals surface area contributed by atoms with Gasteiger partial charge >= 0.3 is 0 Å². The normalized spacial score (nSPS) is 14.9. The smallest absolute Gasteiger partial charge is 0.259 e. The monoisotopic (exact) mass is 402 g/mol. The summed E-state index contributed by atoms with van der Waals surface area (Å²) in [5, 5.41) is 11.6. The topological polar surface area (TPSA) is 67.2 Å². The summed E-state index contributed by atoms with van der Waals surface area (Å²) in [6, 6.07) is 9.18. The van der Waals surface area contributed by atoms with E-state index in [4.69, 9.17) is 0 Å². The maximum absolute atomic E-state index is 13.9. The largest absolute Gasteiger partial charge is 0.336 e. The van der Waals surface area contributed by atoms with Crippen LogP contribution < -0.4 is 0 Å². The van der Waals surface area contributed by atoms with Gasteiger partial charge < -0.3 is 4.90 Å². The Labute approximate surface area is 164 Å². The molecule has 7 nitrogen and oxygen atoms in total. The van der Waals surface area contributed by atoms with E-state index < -0.39 is 23.1 Å². The average molecular weight is 402 g/mol. The van der Waals surface area contributed by atoms with Gasteiger partial charge in [0.1, 0.15) is 23.0 Å². The molecule has 1 saturated heterocycles. The number of piperazine rings is 1. The summed E-state index contributed by atoms with van der Waals surface area (Å²) in [7, 11) is 0. The zero-order chi connectivity index (χ0) is 20.4. The lowest BCUT2D eigenvalue weighted by atomic mass is 10.1. The van der Waals surface area contributed by atoms with E-state index >= 15 is 0 Å². The number of hydrogen-bond donors (Lipinski definition) is 0. The summed E-state index contributed by atoms with van der Waals surface area (Å²) in [4.78, 5) is 16.0. The Morgan fingerprint density at radius 1 is 0.931 bits per heavy atom. The van der Waals surface area contributed by atoms with Crippen molar-refractivity contribution in [3.8, 4) is 5.69 Å². The second-order valence-corrected chi connectivity index (χ2v) is 6.65. The predicted molar refractivity (Wildman–Crippen MR) is 96.7 cm³/mol. The Bertz CT molecular complexity index is 995. The van der Waals surface area contributed by atoms with Gasteiger partial charge in [-0.1, -0.05) is 6.07 Å². The fraction of sp³-hybridized carbons (Fsp3) is 0.263. The number of amides is 1. The maximum atomic E-state index is 13.9. The zero-order valence-electron chi connectivity index (χ0n) is 15.3. The minimum atomic E-state index is -0.865. The first kappa shape index (κ1) is 19.1. The first-order valence-electron chi connectivity index (χ1n) is 9.02. The van der Waals surface area contributed by atoms with Crippen LogP contribution in [0.2, 0.25) is 0 Å². The molecule has 150 valence electrons. The van der Waals surface area contributed by atoms with E-state index in [1.54, 1.807) is 12.1 Å². The Kier molecular flexibility index (Phi) is 5.26. The van der Waals surface area contributed by atoms with E-state index in [-0.39, 0.29) is 5.82 Å². The molecule has 0 saturated carbocycles. The van der Waals surface area contributed by atoms with Crippen molar-refractivity contribution in [2.75, 3.05) is 26.2 Å². The van der Waals surface area contributed by atoms with Gasteiger partial charge in [-0.05, 0) is 46.8 Å². The molecule has 0 spiro atoms. The molecule has 29 heavy (non-hydrogen) atoms. The number of benzene rings is 2. The SMILES string of the molecule is O=C(c1c(F)cccc1F)N1CCN(Cc2nnnn2-c2ccc(F)cc2)CC1. The van der Waals surface area contributed by atoms with E-state index in [9.17, 15) is 18.0 Å². The van der Waals surface area contributed by atoms with Crippen molar-refractivity contribution < 1.29 is 18.0 Å². The van der Waals surface area contributed by atoms with Gasteiger partial charge in [0.05, 0.1) is 12.2 Å². The van der Waals surface area contributed by atoms with Crippen LogP contribution in [0.15, 0.2) is 42.5 Å². The number of halogens is 3. The Hall–Kier alpha value is -3.27. The lowest BCUT2D eigenvalue weighted by Gasteiger charge is -2.34. The summed E-state index contributed by atoms with van der Waals surface area (Å²) in [6.07, 6.45) is 0. The van der Waals surface area contributed by atoms with Crippen LogP contribution in [0.3, 0.4) is 0 Å². The van der Waals surface area contributed by atoms with Gasteiger partial charge in [0.15, 0.2) is 5.82 Å². The Morgan fingerprint density at radius 2 is 1.59 bits per heavy atom. The Morgan fingerprint density at radius 3 is 2.24 bits per heavy atom. The highest BCUT2D eigenvalue weighted by atomic mass is 19.1. The first-order chi connectivity index (χ1) is 14.0. The van der Waals surface area contributed by atoms with E-state index in [0.717, 1.165) is 12.1 Å². The molecular formula is C19H17F3N6O. The molecule has 1 amide bonds. The van der Waals surface area contributed by atoms with Crippen LogP contribution in [0.25, 0.3) is 5.69 Å². The lowest BCUT2D eigenvalue weighted by Crippen LogP contribution is -2.48. The highest BCUT2D eigenvalue weighted by Crippen LogP contribution is 2.17. The van der Waals surface area contributed by atoms with Crippen molar-refractivity contribution in [2.45, 2.75) is 6.54 Å². The molecule has 2 heterocycles. The third-order valence-electron chi connectivity index (χ3n) is 4.81. The van der Waals surface area contributed by atoms with E-state index in [0.29, 0.717) is 44.2 Å². The second kappa shape index (κ2) is 8.00. The lowest BCUT2D eigenvalue weighted by molar-refractivity contribution is 0.0615. The molecule has 0 bridgehead atoms. The molecule has 0 unspecified atom stereocenters. The molecule has 1 aliphatic heterocycles. The van der Waals surface area contributed by atoms with Gasteiger partial charge in [0.2, 0.25) is 0 Å². The highest BCUT2D eigenvalue weighted by Gasteiger charge is 2.27. The number of aromatic nitrogens is 4. The summed E-state index contributed by atoms with van der Waals surface area (Å²) in [5.74, 6) is -2.17. The highest BCUT2D eigenvalue weighted by molar-refractivity contribution is 5.94. The van der Waals surface area contributed by atoms with Crippen LogP contribution in [0.5, 0.6) is 0 Å². The van der Waals surface area contributed by atoms with Gasteiger partial charge in [-0.3, -0.25) is 9.69 Å². The van der Waals surface area contributed by atoms with E-state index in [1.165, 1.54) is 27.8 Å². The fourth-order valence-electron chi connectivity index (χ4n) is 3.26. The minimum Gasteiger partial charge on any atom is -0.336 e. The quantitative estimate of drug-likeness (QED) is 0.668. The molecule has 0 aliphatic carbocycles. The molecule has 10 heteroatoms. The molecule has 0 atom stereocenters. The number of tetrazole rings is 1. The predicted octanol–water partition coefficient (Wildman–Crippen LogP) is 2.04. The molecule has 2 aromatic carbocycles.